The molecule has 24 heavy (non-hydrogen) atoms. The summed E-state index contributed by atoms with van der Waals surface area (Å²) in [5, 5.41) is 24.5. The zero-order valence-electron chi connectivity index (χ0n) is 12.6. The Morgan fingerprint density at radius 2 is 2.08 bits per heavy atom. The second kappa shape index (κ2) is 6.19. The minimum atomic E-state index is -5.16. The van der Waals surface area contributed by atoms with E-state index in [1.54, 1.807) is 6.92 Å². The van der Waals surface area contributed by atoms with Gasteiger partial charge < -0.3 is 5.11 Å². The molecule has 2 rings (SSSR count). The van der Waals surface area contributed by atoms with Crippen molar-refractivity contribution in [2.75, 3.05) is 0 Å². The van der Waals surface area contributed by atoms with Crippen LogP contribution in [0.4, 0.5) is 18.9 Å². The normalized spacial score (nSPS) is 20.9. The van der Waals surface area contributed by atoms with Crippen molar-refractivity contribution in [3.63, 3.8) is 0 Å². The third-order valence-corrected chi connectivity index (χ3v) is 3.56. The molecule has 1 aliphatic heterocycles. The Morgan fingerprint density at radius 3 is 2.62 bits per heavy atom. The van der Waals surface area contributed by atoms with Crippen LogP contribution < -0.4 is 0 Å². The van der Waals surface area contributed by atoms with Crippen LogP contribution >= 0.6 is 0 Å². The summed E-state index contributed by atoms with van der Waals surface area (Å²) in [6, 6.07) is 4.57. The van der Waals surface area contributed by atoms with Crippen molar-refractivity contribution in [2.45, 2.75) is 38.1 Å². The van der Waals surface area contributed by atoms with Gasteiger partial charge in [0.05, 0.1) is 4.92 Å². The van der Waals surface area contributed by atoms with E-state index < -0.39 is 40.4 Å². The van der Waals surface area contributed by atoms with Gasteiger partial charge >= 0.3 is 6.18 Å². The number of para-hydroxylation sites is 1. The van der Waals surface area contributed by atoms with E-state index in [0.717, 1.165) is 12.1 Å². The number of aliphatic hydroxyl groups is 1. The minimum absolute atomic E-state index is 0.00394. The van der Waals surface area contributed by atoms with E-state index in [-0.39, 0.29) is 17.1 Å². The van der Waals surface area contributed by atoms with Crippen molar-refractivity contribution in [1.29, 1.82) is 0 Å². The number of nitrogens with zero attached hydrogens (tertiary/aromatic N) is 3. The lowest BCUT2D eigenvalue weighted by Crippen LogP contribution is -2.56. The molecule has 1 aromatic carbocycles. The third kappa shape index (κ3) is 2.96. The number of hydrazone groups is 1. The standard InChI is InChI=1S/C14H14F3N3O4/c1-2-5-9-8-13(22,14(15,16)17)19(18-9)12(21)10-6-3-4-7-11(10)20(23)24/h3-4,6-7,22H,2,5,8H2,1H3/t13-/m0/s1. The van der Waals surface area contributed by atoms with Gasteiger partial charge in [0, 0.05) is 18.2 Å². The highest BCUT2D eigenvalue weighted by Gasteiger charge is 2.63. The number of halogens is 3. The highest BCUT2D eigenvalue weighted by Crippen LogP contribution is 2.42. The lowest BCUT2D eigenvalue weighted by Gasteiger charge is -2.32. The van der Waals surface area contributed by atoms with E-state index >= 15 is 0 Å². The molecule has 0 bridgehead atoms. The monoisotopic (exact) mass is 345 g/mol. The summed E-state index contributed by atoms with van der Waals surface area (Å²) in [5.74, 6) is -1.38. The number of hydrogen-bond acceptors (Lipinski definition) is 5. The quantitative estimate of drug-likeness (QED) is 0.670. The maximum absolute atomic E-state index is 13.3. The van der Waals surface area contributed by atoms with Crippen molar-refractivity contribution in [2.24, 2.45) is 5.10 Å². The molecule has 1 atom stereocenters. The first-order valence-corrected chi connectivity index (χ1v) is 7.05. The third-order valence-electron chi connectivity index (χ3n) is 3.56. The van der Waals surface area contributed by atoms with Crippen molar-refractivity contribution in [1.82, 2.24) is 5.01 Å². The molecule has 10 heteroatoms. The number of hydrogen-bond donors (Lipinski definition) is 1. The van der Waals surface area contributed by atoms with E-state index in [2.05, 4.69) is 5.10 Å². The van der Waals surface area contributed by atoms with Crippen LogP contribution in [0.3, 0.4) is 0 Å². The molecule has 130 valence electrons. The SMILES string of the molecule is CCCC1=NN(C(=O)c2ccccc2[N+](=O)[O-])[C@@](O)(C(F)(F)F)C1. The first-order valence-electron chi connectivity index (χ1n) is 7.05. The fourth-order valence-electron chi connectivity index (χ4n) is 2.41. The van der Waals surface area contributed by atoms with E-state index in [9.17, 15) is 33.2 Å². The topological polar surface area (TPSA) is 96.0 Å². The fourth-order valence-corrected chi connectivity index (χ4v) is 2.41. The highest BCUT2D eigenvalue weighted by molar-refractivity contribution is 6.01. The molecule has 0 spiro atoms. The van der Waals surface area contributed by atoms with Gasteiger partial charge in [0.2, 0.25) is 0 Å². The van der Waals surface area contributed by atoms with Gasteiger partial charge in [-0.15, -0.1) is 0 Å². The lowest BCUT2D eigenvalue weighted by atomic mass is 10.0. The first kappa shape index (κ1) is 17.9. The van der Waals surface area contributed by atoms with Crippen LogP contribution in [0.25, 0.3) is 0 Å². The molecule has 0 saturated carbocycles. The molecule has 7 nitrogen and oxygen atoms in total. The Hall–Kier alpha value is -2.49. The molecule has 1 aromatic rings. The largest absolute Gasteiger partial charge is 0.438 e. The lowest BCUT2D eigenvalue weighted by molar-refractivity contribution is -0.385. The average Bonchev–Trinajstić information content (AvgIpc) is 2.84. The van der Waals surface area contributed by atoms with Gasteiger partial charge in [-0.25, -0.2) is 0 Å². The molecule has 1 amide bonds. The summed E-state index contributed by atoms with van der Waals surface area (Å²) in [7, 11) is 0. The number of nitro benzene ring substituents is 1. The first-order chi connectivity index (χ1) is 11.1. The zero-order valence-corrected chi connectivity index (χ0v) is 12.6. The van der Waals surface area contributed by atoms with Crippen LogP contribution in [0.15, 0.2) is 29.4 Å². The molecule has 0 fully saturated rings. The van der Waals surface area contributed by atoms with Gasteiger partial charge in [-0.1, -0.05) is 25.5 Å². The number of rotatable bonds is 4. The smallest absolute Gasteiger partial charge is 0.362 e. The number of carbonyl (C=O) groups is 1. The van der Waals surface area contributed by atoms with Crippen molar-refractivity contribution in [3.8, 4) is 0 Å². The van der Waals surface area contributed by atoms with Crippen LogP contribution in [0.5, 0.6) is 0 Å². The van der Waals surface area contributed by atoms with E-state index in [4.69, 9.17) is 0 Å². The van der Waals surface area contributed by atoms with Crippen LogP contribution in [-0.2, 0) is 0 Å². The molecular weight excluding hydrogens is 331 g/mol. The molecule has 0 radical (unpaired) electrons. The highest BCUT2D eigenvalue weighted by atomic mass is 19.4. The average molecular weight is 345 g/mol. The van der Waals surface area contributed by atoms with Gasteiger partial charge in [-0.05, 0) is 12.5 Å². The second-order valence-electron chi connectivity index (χ2n) is 5.30. The molecule has 0 aliphatic carbocycles. The predicted molar refractivity (Wildman–Crippen MR) is 77.2 cm³/mol. The Morgan fingerprint density at radius 1 is 1.46 bits per heavy atom. The Balaban J connectivity index is 2.51. The summed E-state index contributed by atoms with van der Waals surface area (Å²) in [5.41, 5.74) is -4.75. The van der Waals surface area contributed by atoms with Gasteiger partial charge in [0.15, 0.2) is 0 Å². The summed E-state index contributed by atoms with van der Waals surface area (Å²) >= 11 is 0. The van der Waals surface area contributed by atoms with Crippen molar-refractivity contribution in [3.05, 3.63) is 39.9 Å². The summed E-state index contributed by atoms with van der Waals surface area (Å²) in [4.78, 5) is 22.5. The summed E-state index contributed by atoms with van der Waals surface area (Å²) in [6.45, 7) is 1.71. The number of nitro groups is 1. The van der Waals surface area contributed by atoms with Gasteiger partial charge in [-0.3, -0.25) is 14.9 Å². The van der Waals surface area contributed by atoms with Crippen LogP contribution in [0.2, 0.25) is 0 Å². The summed E-state index contributed by atoms with van der Waals surface area (Å²) < 4.78 is 39.9. The van der Waals surface area contributed by atoms with Crippen LogP contribution in [-0.4, -0.2) is 38.6 Å². The zero-order chi connectivity index (χ0) is 18.1. The van der Waals surface area contributed by atoms with E-state index in [0.29, 0.717) is 6.42 Å². The van der Waals surface area contributed by atoms with E-state index in [1.165, 1.54) is 12.1 Å². The fraction of sp³-hybridized carbons (Fsp3) is 0.429. The van der Waals surface area contributed by atoms with Gasteiger partial charge in [0.1, 0.15) is 5.56 Å². The molecule has 1 aliphatic rings. The molecular formula is C14H14F3N3O4. The van der Waals surface area contributed by atoms with Crippen LogP contribution in [0.1, 0.15) is 36.5 Å². The molecule has 0 aromatic heterocycles. The van der Waals surface area contributed by atoms with Gasteiger partial charge in [-0.2, -0.15) is 23.3 Å². The maximum atomic E-state index is 13.3. The Kier molecular flexibility index (Phi) is 4.61. The molecule has 1 N–H and O–H groups in total. The van der Waals surface area contributed by atoms with E-state index in [1.807, 2.05) is 0 Å². The molecule has 0 unspecified atom stereocenters. The van der Waals surface area contributed by atoms with Crippen LogP contribution in [0, 0.1) is 10.1 Å². The molecule has 0 saturated heterocycles. The number of carbonyl (C=O) groups excluding carboxylic acids is 1. The summed E-state index contributed by atoms with van der Waals surface area (Å²) in [6.07, 6.45) is -5.40. The van der Waals surface area contributed by atoms with Gasteiger partial charge in [0.25, 0.3) is 17.3 Å². The van der Waals surface area contributed by atoms with Crippen molar-refractivity contribution < 1.29 is 28.0 Å². The number of benzene rings is 1. The Labute approximate surface area is 134 Å². The molecule has 1 heterocycles. The number of alkyl halides is 3. The number of amides is 1. The minimum Gasteiger partial charge on any atom is -0.362 e. The Bertz CT molecular complexity index is 705. The van der Waals surface area contributed by atoms with Crippen molar-refractivity contribution >= 4 is 17.3 Å². The predicted octanol–water partition coefficient (Wildman–Crippen LogP) is 2.85. The second-order valence-corrected chi connectivity index (χ2v) is 5.30. The maximum Gasteiger partial charge on any atom is 0.438 e.